The van der Waals surface area contributed by atoms with E-state index in [0.717, 1.165) is 61.2 Å². The van der Waals surface area contributed by atoms with Gasteiger partial charge in [-0.05, 0) is 24.5 Å². The number of hydrogen-bond acceptors (Lipinski definition) is 5. The van der Waals surface area contributed by atoms with Crippen molar-refractivity contribution in [3.8, 4) is 0 Å². The van der Waals surface area contributed by atoms with E-state index < -0.39 is 0 Å². The third-order valence-electron chi connectivity index (χ3n) is 7.24. The number of unbranched alkanes of at least 4 members (excludes halogenated alkanes) is 4. The molecular formula is C29H43N4O2+. The van der Waals surface area contributed by atoms with E-state index in [2.05, 4.69) is 19.3 Å². The molecule has 5 N–H and O–H groups in total. The maximum absolute atomic E-state index is 13.6. The summed E-state index contributed by atoms with van der Waals surface area (Å²) in [5, 5.41) is 3.47. The van der Waals surface area contributed by atoms with Crippen LogP contribution in [0, 0.1) is 0 Å². The number of likely N-dealkylation sites (N-methyl/N-ethyl adjacent to an activating group) is 1. The first-order valence-electron chi connectivity index (χ1n) is 13.3. The van der Waals surface area contributed by atoms with Crippen LogP contribution in [0.1, 0.15) is 82.9 Å². The molecule has 0 fully saturated rings. The van der Waals surface area contributed by atoms with Gasteiger partial charge >= 0.3 is 0 Å². The Labute approximate surface area is 210 Å². The lowest BCUT2D eigenvalue weighted by molar-refractivity contribution is -0.907. The van der Waals surface area contributed by atoms with Crippen molar-refractivity contribution in [1.29, 1.82) is 0 Å². The molecule has 1 aliphatic rings. The number of nitrogens with one attached hydrogen (secondary N) is 1. The molecule has 0 radical (unpaired) electrons. The van der Waals surface area contributed by atoms with E-state index in [-0.39, 0.29) is 11.6 Å². The second kappa shape index (κ2) is 13.0. The third-order valence-corrected chi connectivity index (χ3v) is 7.24. The molecule has 35 heavy (non-hydrogen) atoms. The van der Waals surface area contributed by atoms with Crippen molar-refractivity contribution in [2.75, 3.05) is 51.6 Å². The zero-order valence-electron chi connectivity index (χ0n) is 21.6. The number of benzene rings is 2. The van der Waals surface area contributed by atoms with Gasteiger partial charge in [0.2, 0.25) is 0 Å². The van der Waals surface area contributed by atoms with Crippen LogP contribution < -0.4 is 16.8 Å². The van der Waals surface area contributed by atoms with E-state index in [1.165, 1.54) is 25.7 Å². The van der Waals surface area contributed by atoms with Gasteiger partial charge in [0.1, 0.15) is 0 Å². The van der Waals surface area contributed by atoms with Gasteiger partial charge in [0.15, 0.2) is 11.6 Å². The first-order chi connectivity index (χ1) is 17.0. The van der Waals surface area contributed by atoms with E-state index in [9.17, 15) is 9.59 Å². The first-order valence-corrected chi connectivity index (χ1v) is 13.3. The SMILES string of the molecule is CCCCCCCNc1ccc(CCC[N+](C)(CCN)CCN)c2c1C(=O)c1ccccc1C2=O. The molecule has 2 aromatic carbocycles. The van der Waals surface area contributed by atoms with Crippen molar-refractivity contribution in [2.24, 2.45) is 11.5 Å². The molecule has 0 aliphatic heterocycles. The average molecular weight is 480 g/mol. The molecule has 3 rings (SSSR count). The number of aryl methyl sites for hydroxylation is 1. The van der Waals surface area contributed by atoms with E-state index in [0.29, 0.717) is 35.3 Å². The summed E-state index contributed by atoms with van der Waals surface area (Å²) in [5.41, 5.74) is 15.5. The Morgan fingerprint density at radius 3 is 2.03 bits per heavy atom. The predicted molar refractivity (Wildman–Crippen MR) is 144 cm³/mol. The molecule has 0 saturated carbocycles. The topological polar surface area (TPSA) is 98.2 Å². The molecule has 0 spiro atoms. The van der Waals surface area contributed by atoms with Crippen LogP contribution in [0.4, 0.5) is 5.69 Å². The van der Waals surface area contributed by atoms with Gasteiger partial charge in [-0.15, -0.1) is 0 Å². The molecule has 190 valence electrons. The number of anilines is 1. The van der Waals surface area contributed by atoms with Crippen molar-refractivity contribution in [1.82, 2.24) is 0 Å². The van der Waals surface area contributed by atoms with Crippen LogP contribution in [0.5, 0.6) is 0 Å². The Bertz CT molecular complexity index is 1010. The van der Waals surface area contributed by atoms with Crippen LogP contribution in [0.15, 0.2) is 36.4 Å². The van der Waals surface area contributed by atoms with Gasteiger partial charge in [0.25, 0.3) is 0 Å². The summed E-state index contributed by atoms with van der Waals surface area (Å²) in [6, 6.07) is 11.2. The lowest BCUT2D eigenvalue weighted by Crippen LogP contribution is -2.50. The Morgan fingerprint density at radius 2 is 1.40 bits per heavy atom. The van der Waals surface area contributed by atoms with E-state index in [4.69, 9.17) is 11.5 Å². The number of rotatable bonds is 15. The molecule has 0 saturated heterocycles. The van der Waals surface area contributed by atoms with Crippen LogP contribution in [-0.4, -0.2) is 62.4 Å². The van der Waals surface area contributed by atoms with Crippen molar-refractivity contribution in [3.05, 3.63) is 64.2 Å². The molecule has 6 nitrogen and oxygen atoms in total. The fraction of sp³-hybridized carbons (Fsp3) is 0.517. The molecular weight excluding hydrogens is 436 g/mol. The number of carbonyl (C=O) groups is 2. The van der Waals surface area contributed by atoms with Crippen LogP contribution in [0.3, 0.4) is 0 Å². The first kappa shape index (κ1) is 27.1. The highest BCUT2D eigenvalue weighted by Gasteiger charge is 2.33. The second-order valence-corrected chi connectivity index (χ2v) is 10.0. The quantitative estimate of drug-likeness (QED) is 0.225. The monoisotopic (exact) mass is 479 g/mol. The molecule has 2 aromatic rings. The average Bonchev–Trinajstić information content (AvgIpc) is 2.85. The van der Waals surface area contributed by atoms with Crippen molar-refractivity contribution < 1.29 is 14.1 Å². The second-order valence-electron chi connectivity index (χ2n) is 10.0. The summed E-state index contributed by atoms with van der Waals surface area (Å²) < 4.78 is 0.822. The van der Waals surface area contributed by atoms with Crippen LogP contribution in [0.2, 0.25) is 0 Å². The minimum Gasteiger partial charge on any atom is -0.384 e. The normalized spacial score (nSPS) is 13.0. The lowest BCUT2D eigenvalue weighted by Gasteiger charge is -2.34. The predicted octanol–water partition coefficient (Wildman–Crippen LogP) is 4.14. The number of ketones is 2. The zero-order chi connectivity index (χ0) is 25.3. The highest BCUT2D eigenvalue weighted by molar-refractivity contribution is 6.30. The van der Waals surface area contributed by atoms with E-state index in [1.54, 1.807) is 12.1 Å². The molecule has 6 heteroatoms. The Kier molecular flexibility index (Phi) is 10.0. The molecule has 0 aromatic heterocycles. The Balaban J connectivity index is 1.85. The van der Waals surface area contributed by atoms with E-state index in [1.807, 2.05) is 24.3 Å². The smallest absolute Gasteiger partial charge is 0.196 e. The lowest BCUT2D eigenvalue weighted by atomic mass is 9.80. The number of hydrogen-bond donors (Lipinski definition) is 3. The number of fused-ring (bicyclic) bond motifs is 2. The van der Waals surface area contributed by atoms with Gasteiger partial charge in [-0.3, -0.25) is 9.59 Å². The highest BCUT2D eigenvalue weighted by atomic mass is 16.1. The fourth-order valence-electron chi connectivity index (χ4n) is 5.21. The maximum atomic E-state index is 13.6. The number of nitrogens with two attached hydrogens (primary N) is 2. The van der Waals surface area contributed by atoms with Crippen molar-refractivity contribution >= 4 is 17.3 Å². The van der Waals surface area contributed by atoms with Crippen LogP contribution in [-0.2, 0) is 6.42 Å². The minimum absolute atomic E-state index is 0.0436. The third kappa shape index (κ3) is 6.57. The Morgan fingerprint density at radius 1 is 0.771 bits per heavy atom. The molecule has 0 bridgehead atoms. The summed E-state index contributed by atoms with van der Waals surface area (Å²) >= 11 is 0. The largest absolute Gasteiger partial charge is 0.384 e. The molecule has 0 unspecified atom stereocenters. The van der Waals surface area contributed by atoms with Gasteiger partial charge < -0.3 is 21.3 Å². The summed E-state index contributed by atoms with van der Waals surface area (Å²) in [5.74, 6) is -0.102. The maximum Gasteiger partial charge on any atom is 0.196 e. The number of carbonyl (C=O) groups excluding carboxylic acids is 2. The fourth-order valence-corrected chi connectivity index (χ4v) is 5.21. The molecule has 0 amide bonds. The number of nitrogens with zero attached hydrogens (tertiary/aromatic N) is 1. The van der Waals surface area contributed by atoms with Gasteiger partial charge in [-0.2, -0.15) is 0 Å². The standard InChI is InChI=1S/C29H42N4O2/c1-3-4-5-6-9-18-32-25-15-14-22(11-10-19-33(2,20-16-30)21-17-31)26-27(25)29(35)24-13-8-7-12-23(24)28(26)34/h7-8,12-15H,3-6,9-11,16-21,30-31H2,1-2H3/p+1. The van der Waals surface area contributed by atoms with Gasteiger partial charge in [0.05, 0.1) is 32.2 Å². The Hall–Kier alpha value is -2.54. The van der Waals surface area contributed by atoms with Crippen LogP contribution >= 0.6 is 0 Å². The zero-order valence-corrected chi connectivity index (χ0v) is 21.6. The number of quaternary nitrogens is 1. The van der Waals surface area contributed by atoms with Crippen LogP contribution in [0.25, 0.3) is 0 Å². The summed E-state index contributed by atoms with van der Waals surface area (Å²) in [4.78, 5) is 27.2. The minimum atomic E-state index is -0.0579. The summed E-state index contributed by atoms with van der Waals surface area (Å²) in [6.45, 7) is 6.93. The molecule has 0 atom stereocenters. The van der Waals surface area contributed by atoms with Gasteiger partial charge in [-0.1, -0.05) is 62.9 Å². The van der Waals surface area contributed by atoms with Gasteiger partial charge in [-0.25, -0.2) is 0 Å². The van der Waals surface area contributed by atoms with Gasteiger partial charge in [0, 0.05) is 48.4 Å². The highest BCUT2D eigenvalue weighted by Crippen LogP contribution is 2.35. The molecule has 0 heterocycles. The summed E-state index contributed by atoms with van der Waals surface area (Å²) in [7, 11) is 2.19. The molecule has 1 aliphatic carbocycles. The van der Waals surface area contributed by atoms with E-state index >= 15 is 0 Å². The van der Waals surface area contributed by atoms with Crippen molar-refractivity contribution in [3.63, 3.8) is 0 Å². The van der Waals surface area contributed by atoms with Crippen molar-refractivity contribution in [2.45, 2.75) is 51.9 Å². The summed E-state index contributed by atoms with van der Waals surface area (Å²) in [6.07, 6.45) is 7.55.